The largest absolute Gasteiger partial charge is 0.481 e. The van der Waals surface area contributed by atoms with Crippen molar-refractivity contribution in [1.29, 1.82) is 0 Å². The van der Waals surface area contributed by atoms with Crippen LogP contribution in [0, 0.1) is 19.8 Å². The highest BCUT2D eigenvalue weighted by atomic mass is 16.4. The summed E-state index contributed by atoms with van der Waals surface area (Å²) in [5.41, 5.74) is 2.99. The van der Waals surface area contributed by atoms with Crippen molar-refractivity contribution in [3.8, 4) is 0 Å². The van der Waals surface area contributed by atoms with Gasteiger partial charge in [-0.25, -0.2) is 4.79 Å². The van der Waals surface area contributed by atoms with Gasteiger partial charge in [0.05, 0.1) is 5.92 Å². The second kappa shape index (κ2) is 5.94. The molecule has 2 amide bonds. The fourth-order valence-electron chi connectivity index (χ4n) is 2.58. The van der Waals surface area contributed by atoms with Crippen LogP contribution >= 0.6 is 0 Å². The van der Waals surface area contributed by atoms with Crippen molar-refractivity contribution in [2.45, 2.75) is 39.2 Å². The lowest BCUT2D eigenvalue weighted by molar-refractivity contribution is -0.142. The van der Waals surface area contributed by atoms with Gasteiger partial charge < -0.3 is 15.7 Å². The molecule has 108 valence electrons. The molecule has 1 aliphatic rings. The first-order valence-electron chi connectivity index (χ1n) is 6.85. The summed E-state index contributed by atoms with van der Waals surface area (Å²) in [6, 6.07) is 5.06. The number of anilines is 1. The molecule has 1 fully saturated rings. The SMILES string of the molecule is Cc1ccc(NC(=O)NC2CCCC2C(=O)O)cc1C. The molecule has 2 rings (SSSR count). The minimum Gasteiger partial charge on any atom is -0.481 e. The number of urea groups is 1. The molecule has 0 aromatic heterocycles. The quantitative estimate of drug-likeness (QED) is 0.794. The summed E-state index contributed by atoms with van der Waals surface area (Å²) in [5, 5.41) is 14.6. The number of hydrogen-bond donors (Lipinski definition) is 3. The summed E-state index contributed by atoms with van der Waals surface area (Å²) in [6.07, 6.45) is 2.19. The molecule has 0 aliphatic heterocycles. The van der Waals surface area contributed by atoms with E-state index in [4.69, 9.17) is 5.11 Å². The van der Waals surface area contributed by atoms with Gasteiger partial charge in [-0.05, 0) is 49.9 Å². The number of benzene rings is 1. The van der Waals surface area contributed by atoms with Gasteiger partial charge in [-0.3, -0.25) is 4.79 Å². The second-order valence-corrected chi connectivity index (χ2v) is 5.38. The fraction of sp³-hybridized carbons (Fsp3) is 0.467. The van der Waals surface area contributed by atoms with E-state index in [1.165, 1.54) is 0 Å². The highest BCUT2D eigenvalue weighted by molar-refractivity contribution is 5.90. The zero-order valence-corrected chi connectivity index (χ0v) is 11.8. The van der Waals surface area contributed by atoms with Crippen molar-refractivity contribution >= 4 is 17.7 Å². The average Bonchev–Trinajstić information content (AvgIpc) is 2.82. The van der Waals surface area contributed by atoms with Crippen molar-refractivity contribution < 1.29 is 14.7 Å². The first kappa shape index (κ1) is 14.4. The molecule has 1 aromatic carbocycles. The van der Waals surface area contributed by atoms with Gasteiger partial charge in [0.2, 0.25) is 0 Å². The summed E-state index contributed by atoms with van der Waals surface area (Å²) in [5.74, 6) is -1.31. The molecule has 2 atom stereocenters. The maximum Gasteiger partial charge on any atom is 0.319 e. The van der Waals surface area contributed by atoms with Crippen LogP contribution in [0.4, 0.5) is 10.5 Å². The Morgan fingerprint density at radius 1 is 1.20 bits per heavy atom. The third-order valence-corrected chi connectivity index (χ3v) is 3.91. The Kier molecular flexibility index (Phi) is 4.27. The van der Waals surface area contributed by atoms with Crippen molar-refractivity contribution in [3.05, 3.63) is 29.3 Å². The number of aliphatic carboxylic acids is 1. The van der Waals surface area contributed by atoms with E-state index in [2.05, 4.69) is 10.6 Å². The van der Waals surface area contributed by atoms with Crippen LogP contribution in [0.15, 0.2) is 18.2 Å². The smallest absolute Gasteiger partial charge is 0.319 e. The molecule has 0 saturated heterocycles. The molecule has 1 saturated carbocycles. The van der Waals surface area contributed by atoms with Gasteiger partial charge in [0.25, 0.3) is 0 Å². The van der Waals surface area contributed by atoms with E-state index in [1.54, 1.807) is 0 Å². The fourth-order valence-corrected chi connectivity index (χ4v) is 2.58. The molecule has 5 heteroatoms. The van der Waals surface area contributed by atoms with Crippen LogP contribution < -0.4 is 10.6 Å². The Bertz CT molecular complexity index is 528. The molecule has 0 heterocycles. The highest BCUT2D eigenvalue weighted by Crippen LogP contribution is 2.26. The Hall–Kier alpha value is -2.04. The van der Waals surface area contributed by atoms with E-state index in [-0.39, 0.29) is 12.1 Å². The maximum absolute atomic E-state index is 11.9. The number of rotatable bonds is 3. The molecule has 1 aliphatic carbocycles. The zero-order chi connectivity index (χ0) is 14.7. The molecule has 20 heavy (non-hydrogen) atoms. The lowest BCUT2D eigenvalue weighted by atomic mass is 10.0. The number of carbonyl (C=O) groups excluding carboxylic acids is 1. The van der Waals surface area contributed by atoms with Crippen LogP contribution in [0.1, 0.15) is 30.4 Å². The van der Waals surface area contributed by atoms with Crippen LogP contribution in [-0.2, 0) is 4.79 Å². The van der Waals surface area contributed by atoms with E-state index >= 15 is 0 Å². The first-order chi connectivity index (χ1) is 9.47. The van der Waals surface area contributed by atoms with Crippen molar-refractivity contribution in [3.63, 3.8) is 0 Å². The Morgan fingerprint density at radius 2 is 1.95 bits per heavy atom. The highest BCUT2D eigenvalue weighted by Gasteiger charge is 2.33. The Morgan fingerprint density at radius 3 is 2.60 bits per heavy atom. The Balaban J connectivity index is 1.95. The standard InChI is InChI=1S/C15H20N2O3/c1-9-6-7-11(8-10(9)2)16-15(20)17-13-5-3-4-12(13)14(18)19/h6-8,12-13H,3-5H2,1-2H3,(H,18,19)(H2,16,17,20). The Labute approximate surface area is 118 Å². The molecule has 0 spiro atoms. The molecular formula is C15H20N2O3. The number of nitrogens with one attached hydrogen (secondary N) is 2. The molecule has 0 bridgehead atoms. The van der Waals surface area contributed by atoms with Crippen LogP contribution in [0.3, 0.4) is 0 Å². The van der Waals surface area contributed by atoms with Crippen LogP contribution in [0.2, 0.25) is 0 Å². The van der Waals surface area contributed by atoms with Crippen molar-refractivity contribution in [2.75, 3.05) is 5.32 Å². The van der Waals surface area contributed by atoms with Gasteiger partial charge in [0, 0.05) is 11.7 Å². The normalized spacial score (nSPS) is 21.5. The summed E-state index contributed by atoms with van der Waals surface area (Å²) in [4.78, 5) is 23.0. The average molecular weight is 276 g/mol. The minimum atomic E-state index is -0.834. The maximum atomic E-state index is 11.9. The number of carboxylic acid groups (broad SMARTS) is 1. The second-order valence-electron chi connectivity index (χ2n) is 5.38. The van der Waals surface area contributed by atoms with Crippen LogP contribution in [0.25, 0.3) is 0 Å². The van der Waals surface area contributed by atoms with Gasteiger partial charge in [0.15, 0.2) is 0 Å². The van der Waals surface area contributed by atoms with Crippen molar-refractivity contribution in [1.82, 2.24) is 5.32 Å². The number of hydrogen-bond acceptors (Lipinski definition) is 2. The number of carbonyl (C=O) groups is 2. The van der Waals surface area contributed by atoms with E-state index in [1.807, 2.05) is 32.0 Å². The number of aryl methyl sites for hydroxylation is 2. The van der Waals surface area contributed by atoms with Crippen molar-refractivity contribution in [2.24, 2.45) is 5.92 Å². The summed E-state index contributed by atoms with van der Waals surface area (Å²) in [6.45, 7) is 3.99. The predicted octanol–water partition coefficient (Wildman–Crippen LogP) is 2.68. The monoisotopic (exact) mass is 276 g/mol. The van der Waals surface area contributed by atoms with E-state index in [0.717, 1.165) is 29.7 Å². The number of amides is 2. The van der Waals surface area contributed by atoms with Crippen LogP contribution in [-0.4, -0.2) is 23.1 Å². The lowest BCUT2D eigenvalue weighted by Crippen LogP contribution is -2.42. The van der Waals surface area contributed by atoms with E-state index in [0.29, 0.717) is 6.42 Å². The summed E-state index contributed by atoms with van der Waals surface area (Å²) < 4.78 is 0. The van der Waals surface area contributed by atoms with Gasteiger partial charge in [-0.15, -0.1) is 0 Å². The predicted molar refractivity (Wildman–Crippen MR) is 76.8 cm³/mol. The van der Waals surface area contributed by atoms with Gasteiger partial charge in [-0.2, -0.15) is 0 Å². The summed E-state index contributed by atoms with van der Waals surface area (Å²) in [7, 11) is 0. The number of carboxylic acids is 1. The minimum absolute atomic E-state index is 0.279. The molecule has 0 radical (unpaired) electrons. The third kappa shape index (κ3) is 3.29. The molecule has 1 aromatic rings. The first-order valence-corrected chi connectivity index (χ1v) is 6.85. The van der Waals surface area contributed by atoms with Gasteiger partial charge >= 0.3 is 12.0 Å². The lowest BCUT2D eigenvalue weighted by Gasteiger charge is -2.18. The summed E-state index contributed by atoms with van der Waals surface area (Å²) >= 11 is 0. The van der Waals surface area contributed by atoms with Crippen LogP contribution in [0.5, 0.6) is 0 Å². The zero-order valence-electron chi connectivity index (χ0n) is 11.8. The van der Waals surface area contributed by atoms with Gasteiger partial charge in [-0.1, -0.05) is 12.5 Å². The van der Waals surface area contributed by atoms with E-state index in [9.17, 15) is 9.59 Å². The molecule has 5 nitrogen and oxygen atoms in total. The molecule has 2 unspecified atom stereocenters. The van der Waals surface area contributed by atoms with E-state index < -0.39 is 11.9 Å². The molecular weight excluding hydrogens is 256 g/mol. The molecule has 3 N–H and O–H groups in total. The topological polar surface area (TPSA) is 78.4 Å². The van der Waals surface area contributed by atoms with Gasteiger partial charge in [0.1, 0.15) is 0 Å². The third-order valence-electron chi connectivity index (χ3n) is 3.91.